The van der Waals surface area contributed by atoms with Crippen LogP contribution >= 0.6 is 15.9 Å². The fourth-order valence-electron chi connectivity index (χ4n) is 2.58. The largest absolute Gasteiger partial charge is 0.481 e. The van der Waals surface area contributed by atoms with Gasteiger partial charge < -0.3 is 5.11 Å². The number of carboxylic acid groups (broad SMARTS) is 1. The number of carboxylic acids is 1. The molecule has 1 atom stereocenters. The molecule has 18 heavy (non-hydrogen) atoms. The van der Waals surface area contributed by atoms with Gasteiger partial charge in [0.25, 0.3) is 0 Å². The summed E-state index contributed by atoms with van der Waals surface area (Å²) < 4.78 is 1.09. The molecule has 2 rings (SSSR count). The fraction of sp³-hybridized carbons (Fsp3) is 0.500. The van der Waals surface area contributed by atoms with Crippen molar-refractivity contribution in [3.05, 3.63) is 34.3 Å². The molecule has 4 heteroatoms. The van der Waals surface area contributed by atoms with Crippen LogP contribution in [0.25, 0.3) is 0 Å². The van der Waals surface area contributed by atoms with Gasteiger partial charge in [-0.3, -0.25) is 9.69 Å². The summed E-state index contributed by atoms with van der Waals surface area (Å²) in [5.41, 5.74) is 0.677. The van der Waals surface area contributed by atoms with Gasteiger partial charge in [0.1, 0.15) is 0 Å². The maximum absolute atomic E-state index is 11.4. The maximum atomic E-state index is 11.4. The minimum absolute atomic E-state index is 0.540. The predicted octanol–water partition coefficient (Wildman–Crippen LogP) is 3.14. The highest BCUT2D eigenvalue weighted by atomic mass is 79.9. The standard InChI is InChI=1S/C14H18BrNO2/c1-2-14(13(17)18)7-8-16(10-14)9-11-5-3-4-6-12(11)15/h3-6H,2,7-10H2,1H3,(H,17,18). The number of aliphatic carboxylic acids is 1. The van der Waals surface area contributed by atoms with Crippen molar-refractivity contribution in [2.45, 2.75) is 26.3 Å². The number of hydrogen-bond donors (Lipinski definition) is 1. The van der Waals surface area contributed by atoms with Gasteiger partial charge >= 0.3 is 5.97 Å². The molecule has 1 unspecified atom stereocenters. The summed E-state index contributed by atoms with van der Waals surface area (Å²) in [6, 6.07) is 8.11. The number of rotatable bonds is 4. The first-order valence-corrected chi connectivity index (χ1v) is 7.06. The second-order valence-electron chi connectivity index (χ2n) is 4.99. The quantitative estimate of drug-likeness (QED) is 0.928. The van der Waals surface area contributed by atoms with E-state index >= 15 is 0 Å². The molecule has 0 amide bonds. The lowest BCUT2D eigenvalue weighted by molar-refractivity contribution is -0.148. The van der Waals surface area contributed by atoms with E-state index in [1.165, 1.54) is 5.56 Å². The van der Waals surface area contributed by atoms with Gasteiger partial charge in [-0.25, -0.2) is 0 Å². The van der Waals surface area contributed by atoms with E-state index in [0.29, 0.717) is 13.0 Å². The van der Waals surface area contributed by atoms with Gasteiger partial charge in [-0.05, 0) is 31.0 Å². The van der Waals surface area contributed by atoms with Gasteiger partial charge in [0.05, 0.1) is 5.41 Å². The molecule has 0 saturated carbocycles. The van der Waals surface area contributed by atoms with Gasteiger partial charge in [0.15, 0.2) is 0 Å². The molecule has 1 aromatic carbocycles. The van der Waals surface area contributed by atoms with E-state index in [2.05, 4.69) is 26.9 Å². The molecule has 98 valence electrons. The molecule has 0 spiro atoms. The highest BCUT2D eigenvalue weighted by molar-refractivity contribution is 9.10. The third kappa shape index (κ3) is 2.59. The van der Waals surface area contributed by atoms with Crippen molar-refractivity contribution in [2.24, 2.45) is 5.41 Å². The number of benzene rings is 1. The van der Waals surface area contributed by atoms with E-state index in [4.69, 9.17) is 0 Å². The average Bonchev–Trinajstić information content (AvgIpc) is 2.77. The molecule has 0 radical (unpaired) electrons. The Labute approximate surface area is 116 Å². The van der Waals surface area contributed by atoms with Gasteiger partial charge in [0.2, 0.25) is 0 Å². The van der Waals surface area contributed by atoms with Gasteiger partial charge in [0, 0.05) is 17.6 Å². The van der Waals surface area contributed by atoms with Gasteiger partial charge in [-0.2, -0.15) is 0 Å². The highest BCUT2D eigenvalue weighted by Gasteiger charge is 2.43. The Morgan fingerprint density at radius 3 is 2.78 bits per heavy atom. The van der Waals surface area contributed by atoms with Crippen molar-refractivity contribution in [3.63, 3.8) is 0 Å². The molecule has 1 saturated heterocycles. The van der Waals surface area contributed by atoms with Crippen molar-refractivity contribution < 1.29 is 9.90 Å². The lowest BCUT2D eigenvalue weighted by Gasteiger charge is -2.23. The minimum atomic E-state index is -0.653. The Balaban J connectivity index is 2.06. The molecule has 0 aliphatic carbocycles. The summed E-state index contributed by atoms with van der Waals surface area (Å²) in [6.07, 6.45) is 1.46. The van der Waals surface area contributed by atoms with Crippen LogP contribution in [0.5, 0.6) is 0 Å². The van der Waals surface area contributed by atoms with Crippen LogP contribution < -0.4 is 0 Å². The molecular weight excluding hydrogens is 294 g/mol. The molecule has 1 heterocycles. The van der Waals surface area contributed by atoms with E-state index in [1.807, 2.05) is 25.1 Å². The number of likely N-dealkylation sites (tertiary alicyclic amines) is 1. The molecule has 1 aliphatic rings. The van der Waals surface area contributed by atoms with Crippen LogP contribution in [0.15, 0.2) is 28.7 Å². The SMILES string of the molecule is CCC1(C(=O)O)CCN(Cc2ccccc2Br)C1. The maximum Gasteiger partial charge on any atom is 0.310 e. The van der Waals surface area contributed by atoms with E-state index in [9.17, 15) is 9.90 Å². The summed E-state index contributed by atoms with van der Waals surface area (Å²) in [5.74, 6) is -0.653. The Kier molecular flexibility index (Phi) is 4.07. The molecule has 1 aliphatic heterocycles. The summed E-state index contributed by atoms with van der Waals surface area (Å²) in [4.78, 5) is 13.6. The van der Waals surface area contributed by atoms with Crippen LogP contribution in [0.4, 0.5) is 0 Å². The summed E-state index contributed by atoms with van der Waals surface area (Å²) in [7, 11) is 0. The monoisotopic (exact) mass is 311 g/mol. The predicted molar refractivity (Wildman–Crippen MR) is 74.4 cm³/mol. The van der Waals surface area contributed by atoms with E-state index < -0.39 is 11.4 Å². The van der Waals surface area contributed by atoms with E-state index in [0.717, 1.165) is 24.0 Å². The Morgan fingerprint density at radius 1 is 1.50 bits per heavy atom. The summed E-state index contributed by atoms with van der Waals surface area (Å²) in [5, 5.41) is 9.37. The van der Waals surface area contributed by atoms with Crippen molar-refractivity contribution in [2.75, 3.05) is 13.1 Å². The molecule has 1 N–H and O–H groups in total. The van der Waals surface area contributed by atoms with Crippen LogP contribution in [0.2, 0.25) is 0 Å². The lowest BCUT2D eigenvalue weighted by Crippen LogP contribution is -2.33. The van der Waals surface area contributed by atoms with E-state index in [1.54, 1.807) is 0 Å². The van der Waals surface area contributed by atoms with Crippen LogP contribution in [0, 0.1) is 5.41 Å². The molecule has 3 nitrogen and oxygen atoms in total. The van der Waals surface area contributed by atoms with Crippen molar-refractivity contribution in [1.82, 2.24) is 4.90 Å². The van der Waals surface area contributed by atoms with Crippen molar-refractivity contribution in [3.8, 4) is 0 Å². The normalized spacial score (nSPS) is 24.3. The van der Waals surface area contributed by atoms with Gasteiger partial charge in [-0.1, -0.05) is 41.1 Å². The van der Waals surface area contributed by atoms with Crippen LogP contribution in [0.1, 0.15) is 25.3 Å². The zero-order valence-corrected chi connectivity index (χ0v) is 12.1. The average molecular weight is 312 g/mol. The van der Waals surface area contributed by atoms with E-state index in [-0.39, 0.29) is 0 Å². The van der Waals surface area contributed by atoms with Crippen molar-refractivity contribution in [1.29, 1.82) is 0 Å². The Bertz CT molecular complexity index is 449. The first kappa shape index (κ1) is 13.6. The number of nitrogens with zero attached hydrogens (tertiary/aromatic N) is 1. The lowest BCUT2D eigenvalue weighted by atomic mass is 9.84. The van der Waals surface area contributed by atoms with Crippen LogP contribution in [-0.2, 0) is 11.3 Å². The number of halogens is 1. The zero-order chi connectivity index (χ0) is 13.2. The molecule has 0 bridgehead atoms. The third-order valence-corrected chi connectivity index (χ3v) is 4.69. The first-order valence-electron chi connectivity index (χ1n) is 6.26. The molecule has 1 aromatic rings. The molecule has 0 aromatic heterocycles. The second kappa shape index (κ2) is 5.41. The Morgan fingerprint density at radius 2 is 2.22 bits per heavy atom. The minimum Gasteiger partial charge on any atom is -0.481 e. The van der Waals surface area contributed by atoms with Gasteiger partial charge in [-0.15, -0.1) is 0 Å². The second-order valence-corrected chi connectivity index (χ2v) is 5.85. The smallest absolute Gasteiger partial charge is 0.310 e. The van der Waals surface area contributed by atoms with Crippen LogP contribution in [-0.4, -0.2) is 29.1 Å². The Hall–Kier alpha value is -0.870. The molecule has 1 fully saturated rings. The third-order valence-electron chi connectivity index (χ3n) is 3.92. The fourth-order valence-corrected chi connectivity index (χ4v) is 2.99. The highest BCUT2D eigenvalue weighted by Crippen LogP contribution is 2.35. The first-order chi connectivity index (χ1) is 8.57. The zero-order valence-electron chi connectivity index (χ0n) is 10.5. The van der Waals surface area contributed by atoms with Crippen LogP contribution in [0.3, 0.4) is 0 Å². The summed E-state index contributed by atoms with van der Waals surface area (Å²) >= 11 is 3.54. The molecular formula is C14H18BrNO2. The number of hydrogen-bond acceptors (Lipinski definition) is 2. The number of carbonyl (C=O) groups is 1. The van der Waals surface area contributed by atoms with Crippen molar-refractivity contribution >= 4 is 21.9 Å². The summed E-state index contributed by atoms with van der Waals surface area (Å²) in [6.45, 7) is 4.30. The topological polar surface area (TPSA) is 40.5 Å².